The molecule has 0 spiro atoms. The summed E-state index contributed by atoms with van der Waals surface area (Å²) in [7, 11) is 0. The maximum Gasteiger partial charge on any atom is 0.242 e. The Balaban J connectivity index is 2.11. The third-order valence-electron chi connectivity index (χ3n) is 3.83. The number of carbonyl (C=O) groups is 2. The molecule has 0 aliphatic carbocycles. The second-order valence-electron chi connectivity index (χ2n) is 5.64. The normalized spacial score (nSPS) is 20.6. The number of rotatable bonds is 5. The van der Waals surface area contributed by atoms with Crippen molar-refractivity contribution in [2.24, 2.45) is 0 Å². The molecule has 1 aliphatic heterocycles. The second-order valence-corrected chi connectivity index (χ2v) is 5.64. The first-order chi connectivity index (χ1) is 10.9. The molecule has 1 heterocycles. The molecule has 1 aromatic rings. The Bertz CT molecular complexity index is 595. The molecule has 1 saturated heterocycles. The molecule has 0 bridgehead atoms. The third kappa shape index (κ3) is 4.25. The van der Waals surface area contributed by atoms with E-state index in [-0.39, 0.29) is 31.0 Å². The molecule has 7 heteroatoms. The molecule has 2 atom stereocenters. The molecule has 1 fully saturated rings. The molecular weight excluding hydrogens is 306 g/mol. The summed E-state index contributed by atoms with van der Waals surface area (Å²) in [6.07, 6.45) is 0.310. The number of halogens is 2. The first-order valence-electron chi connectivity index (χ1n) is 7.61. The predicted molar refractivity (Wildman–Crippen MR) is 79.4 cm³/mol. The van der Waals surface area contributed by atoms with Gasteiger partial charge in [0, 0.05) is 18.5 Å². The minimum absolute atomic E-state index is 0.0309. The van der Waals surface area contributed by atoms with Crippen molar-refractivity contribution in [3.8, 4) is 0 Å². The van der Waals surface area contributed by atoms with Gasteiger partial charge in [0.25, 0.3) is 0 Å². The summed E-state index contributed by atoms with van der Waals surface area (Å²) >= 11 is 0. The maximum absolute atomic E-state index is 13.9. The average molecular weight is 326 g/mol. The number of hydrogen-bond acceptors (Lipinski definition) is 3. The molecule has 2 N–H and O–H groups in total. The Morgan fingerprint density at radius 2 is 2.13 bits per heavy atom. The number of carbonyl (C=O) groups excluding carboxylic acids is 2. The molecule has 2 unspecified atom stereocenters. The van der Waals surface area contributed by atoms with Crippen LogP contribution in [0.4, 0.5) is 8.78 Å². The molecule has 1 aromatic carbocycles. The summed E-state index contributed by atoms with van der Waals surface area (Å²) in [5, 5.41) is 12.3. The van der Waals surface area contributed by atoms with E-state index in [1.54, 1.807) is 0 Å². The molecule has 0 radical (unpaired) electrons. The lowest BCUT2D eigenvalue weighted by molar-refractivity contribution is -0.134. The molecule has 1 aliphatic rings. The lowest BCUT2D eigenvalue weighted by atomic mass is 10.0. The van der Waals surface area contributed by atoms with E-state index in [0.29, 0.717) is 12.8 Å². The second kappa shape index (κ2) is 7.50. The summed E-state index contributed by atoms with van der Waals surface area (Å²) in [5.74, 6) is -1.90. The van der Waals surface area contributed by atoms with Gasteiger partial charge in [-0.05, 0) is 31.0 Å². The zero-order valence-corrected chi connectivity index (χ0v) is 12.9. The lowest BCUT2D eigenvalue weighted by Gasteiger charge is -2.25. The van der Waals surface area contributed by atoms with E-state index in [0.717, 1.165) is 18.2 Å². The van der Waals surface area contributed by atoms with E-state index < -0.39 is 29.7 Å². The van der Waals surface area contributed by atoms with Gasteiger partial charge >= 0.3 is 0 Å². The van der Waals surface area contributed by atoms with E-state index in [1.165, 1.54) is 4.90 Å². The number of hydrogen-bond donors (Lipinski definition) is 2. The quantitative estimate of drug-likeness (QED) is 0.862. The summed E-state index contributed by atoms with van der Waals surface area (Å²) in [4.78, 5) is 25.0. The number of amides is 2. The molecular formula is C16H20F2N2O3. The van der Waals surface area contributed by atoms with Gasteiger partial charge in [0.05, 0.1) is 18.7 Å². The number of nitrogens with one attached hydrogen (secondary N) is 1. The van der Waals surface area contributed by atoms with Crippen LogP contribution in [0.5, 0.6) is 0 Å². The van der Waals surface area contributed by atoms with Gasteiger partial charge in [-0.15, -0.1) is 0 Å². The molecule has 23 heavy (non-hydrogen) atoms. The highest BCUT2D eigenvalue weighted by molar-refractivity contribution is 5.85. The smallest absolute Gasteiger partial charge is 0.242 e. The monoisotopic (exact) mass is 326 g/mol. The highest BCUT2D eigenvalue weighted by Crippen LogP contribution is 2.33. The Hall–Kier alpha value is -2.02. The van der Waals surface area contributed by atoms with Crippen molar-refractivity contribution in [3.05, 3.63) is 35.4 Å². The highest BCUT2D eigenvalue weighted by Gasteiger charge is 2.36. The summed E-state index contributed by atoms with van der Waals surface area (Å²) in [6.45, 7) is 1.66. The van der Waals surface area contributed by atoms with E-state index in [4.69, 9.17) is 0 Å². The molecule has 2 amide bonds. The molecule has 0 aromatic heterocycles. The molecule has 2 rings (SSSR count). The van der Waals surface area contributed by atoms with Crippen molar-refractivity contribution in [1.29, 1.82) is 0 Å². The van der Waals surface area contributed by atoms with Crippen LogP contribution >= 0.6 is 0 Å². The first-order valence-corrected chi connectivity index (χ1v) is 7.61. The van der Waals surface area contributed by atoms with Gasteiger partial charge in [-0.25, -0.2) is 8.78 Å². The standard InChI is InChI=1S/C16H20F2N2O3/c1-2-3-15(22)19-8-16(23)20-9-11(21)7-14(20)12-6-10(17)4-5-13(12)18/h4-6,11,14,21H,2-3,7-9H2,1H3,(H,19,22). The fraction of sp³-hybridized carbons (Fsp3) is 0.500. The number of benzene rings is 1. The van der Waals surface area contributed by atoms with Gasteiger partial charge in [0.2, 0.25) is 11.8 Å². The van der Waals surface area contributed by atoms with E-state index >= 15 is 0 Å². The summed E-state index contributed by atoms with van der Waals surface area (Å²) < 4.78 is 27.3. The number of aliphatic hydroxyl groups is 1. The average Bonchev–Trinajstić information content (AvgIpc) is 2.89. The van der Waals surface area contributed by atoms with Gasteiger partial charge < -0.3 is 15.3 Å². The van der Waals surface area contributed by atoms with Crippen LogP contribution < -0.4 is 5.32 Å². The fourth-order valence-corrected chi connectivity index (χ4v) is 2.75. The van der Waals surface area contributed by atoms with Gasteiger partial charge in [-0.2, -0.15) is 0 Å². The van der Waals surface area contributed by atoms with Gasteiger partial charge in [-0.1, -0.05) is 6.92 Å². The number of likely N-dealkylation sites (tertiary alicyclic amines) is 1. The highest BCUT2D eigenvalue weighted by atomic mass is 19.1. The predicted octanol–water partition coefficient (Wildman–Crippen LogP) is 1.52. The van der Waals surface area contributed by atoms with Crippen molar-refractivity contribution < 1.29 is 23.5 Å². The van der Waals surface area contributed by atoms with Crippen LogP contribution in [-0.4, -0.2) is 41.0 Å². The van der Waals surface area contributed by atoms with E-state index in [2.05, 4.69) is 5.32 Å². The van der Waals surface area contributed by atoms with Crippen molar-refractivity contribution in [2.45, 2.75) is 38.3 Å². The van der Waals surface area contributed by atoms with Crippen LogP contribution in [0.1, 0.15) is 37.8 Å². The zero-order chi connectivity index (χ0) is 17.0. The topological polar surface area (TPSA) is 69.6 Å². The number of aliphatic hydroxyl groups excluding tert-OH is 1. The lowest BCUT2D eigenvalue weighted by Crippen LogP contribution is -2.40. The Morgan fingerprint density at radius 1 is 1.39 bits per heavy atom. The summed E-state index contributed by atoms with van der Waals surface area (Å²) in [6, 6.07) is 2.30. The largest absolute Gasteiger partial charge is 0.391 e. The Labute approximate surface area is 133 Å². The zero-order valence-electron chi connectivity index (χ0n) is 12.9. The Morgan fingerprint density at radius 3 is 2.83 bits per heavy atom. The summed E-state index contributed by atoms with van der Waals surface area (Å²) in [5.41, 5.74) is 0.0368. The minimum atomic E-state index is -0.807. The van der Waals surface area contributed by atoms with Gasteiger partial charge in [0.15, 0.2) is 0 Å². The van der Waals surface area contributed by atoms with Crippen LogP contribution in [0.15, 0.2) is 18.2 Å². The third-order valence-corrected chi connectivity index (χ3v) is 3.83. The Kier molecular flexibility index (Phi) is 5.65. The van der Waals surface area contributed by atoms with E-state index in [1.807, 2.05) is 6.92 Å². The van der Waals surface area contributed by atoms with Crippen molar-refractivity contribution in [3.63, 3.8) is 0 Å². The number of nitrogens with zero attached hydrogens (tertiary/aromatic N) is 1. The number of β-amino-alcohol motifs (C(OH)–C–C–N with tert-alkyl or cyclic N) is 1. The van der Waals surface area contributed by atoms with Gasteiger partial charge in [0.1, 0.15) is 11.6 Å². The van der Waals surface area contributed by atoms with Crippen LogP contribution in [-0.2, 0) is 9.59 Å². The van der Waals surface area contributed by atoms with Crippen LogP contribution in [0, 0.1) is 11.6 Å². The van der Waals surface area contributed by atoms with Crippen LogP contribution in [0.2, 0.25) is 0 Å². The molecule has 0 saturated carbocycles. The van der Waals surface area contributed by atoms with Crippen molar-refractivity contribution >= 4 is 11.8 Å². The first kappa shape index (κ1) is 17.3. The van der Waals surface area contributed by atoms with Crippen molar-refractivity contribution in [1.82, 2.24) is 10.2 Å². The maximum atomic E-state index is 13.9. The van der Waals surface area contributed by atoms with Crippen LogP contribution in [0.25, 0.3) is 0 Å². The minimum Gasteiger partial charge on any atom is -0.391 e. The van der Waals surface area contributed by atoms with E-state index in [9.17, 15) is 23.5 Å². The fourth-order valence-electron chi connectivity index (χ4n) is 2.75. The molecule has 126 valence electrons. The van der Waals surface area contributed by atoms with Gasteiger partial charge in [-0.3, -0.25) is 9.59 Å². The van der Waals surface area contributed by atoms with Crippen molar-refractivity contribution in [2.75, 3.05) is 13.1 Å². The van der Waals surface area contributed by atoms with Crippen LogP contribution in [0.3, 0.4) is 0 Å². The SMILES string of the molecule is CCCC(=O)NCC(=O)N1CC(O)CC1c1cc(F)ccc1F. The molecule has 5 nitrogen and oxygen atoms in total.